The molecule has 4 heterocycles. The van der Waals surface area contributed by atoms with Crippen LogP contribution < -0.4 is 10.7 Å². The molecule has 5 rings (SSSR count). The van der Waals surface area contributed by atoms with E-state index in [1.165, 1.54) is 30.3 Å². The fourth-order valence-electron chi connectivity index (χ4n) is 3.79. The molecule has 112 valence electrons. The van der Waals surface area contributed by atoms with Gasteiger partial charge in [0.25, 0.3) is 5.78 Å². The minimum absolute atomic E-state index is 0.365. The Kier molecular flexibility index (Phi) is 2.97. The molecule has 2 aromatic heterocycles. The summed E-state index contributed by atoms with van der Waals surface area (Å²) in [5, 5.41) is 0. The van der Waals surface area contributed by atoms with Gasteiger partial charge in [0.05, 0.1) is 6.20 Å². The maximum atomic E-state index is 11.3. The smallest absolute Gasteiger partial charge is 0.356 e. The summed E-state index contributed by atoms with van der Waals surface area (Å²) in [6.45, 7) is 4.26. The van der Waals surface area contributed by atoms with Crippen LogP contribution in [0.4, 0.5) is 5.82 Å². The third-order valence-corrected chi connectivity index (χ3v) is 4.93. The molecule has 2 saturated heterocycles. The first-order chi connectivity index (χ1) is 10.2. The molecule has 21 heavy (non-hydrogen) atoms. The summed E-state index contributed by atoms with van der Waals surface area (Å²) in [5.41, 5.74) is 1.12. The second-order valence-electron chi connectivity index (χ2n) is 6.33. The van der Waals surface area contributed by atoms with Crippen molar-refractivity contribution >= 4 is 11.6 Å². The van der Waals surface area contributed by atoms with Crippen molar-refractivity contribution in [2.45, 2.75) is 39.0 Å². The van der Waals surface area contributed by atoms with Gasteiger partial charge in [0.15, 0.2) is 0 Å². The molecule has 0 atom stereocenters. The molecule has 6 nitrogen and oxygen atoms in total. The Balaban J connectivity index is 1.79. The van der Waals surface area contributed by atoms with Crippen molar-refractivity contribution < 1.29 is 4.52 Å². The van der Waals surface area contributed by atoms with E-state index in [1.54, 1.807) is 0 Å². The lowest BCUT2D eigenvalue weighted by Crippen LogP contribution is -2.30. The Morgan fingerprint density at radius 2 is 1.86 bits per heavy atom. The van der Waals surface area contributed by atoms with E-state index in [-0.39, 0.29) is 0 Å². The third-order valence-electron chi connectivity index (χ3n) is 4.93. The number of aromatic nitrogens is 3. The van der Waals surface area contributed by atoms with E-state index in [2.05, 4.69) is 21.8 Å². The molecular formula is C15H20N4O2. The first-order valence-corrected chi connectivity index (χ1v) is 7.87. The third kappa shape index (κ3) is 2.22. The monoisotopic (exact) mass is 288 g/mol. The van der Waals surface area contributed by atoms with Gasteiger partial charge in [-0.2, -0.15) is 4.98 Å². The van der Waals surface area contributed by atoms with Gasteiger partial charge in [0.1, 0.15) is 5.82 Å². The molecular weight excluding hydrogens is 268 g/mol. The van der Waals surface area contributed by atoms with E-state index >= 15 is 0 Å². The zero-order valence-corrected chi connectivity index (χ0v) is 12.3. The Bertz CT molecular complexity index is 698. The van der Waals surface area contributed by atoms with Crippen molar-refractivity contribution in [3.05, 3.63) is 22.3 Å². The fraction of sp³-hybridized carbons (Fsp3) is 0.667. The molecule has 1 saturated carbocycles. The largest absolute Gasteiger partial charge is 0.461 e. The van der Waals surface area contributed by atoms with Crippen LogP contribution in [0.2, 0.25) is 0 Å². The van der Waals surface area contributed by atoms with E-state index in [1.807, 2.05) is 6.20 Å². The van der Waals surface area contributed by atoms with Crippen molar-refractivity contribution in [1.82, 2.24) is 14.5 Å². The van der Waals surface area contributed by atoms with Crippen LogP contribution in [0, 0.1) is 11.8 Å². The quantitative estimate of drug-likeness (QED) is 0.844. The fourth-order valence-corrected chi connectivity index (χ4v) is 3.79. The average Bonchev–Trinajstić information content (AvgIpc) is 2.66. The molecule has 0 unspecified atom stereocenters. The number of nitrogens with zero attached hydrogens (tertiary/aromatic N) is 4. The van der Waals surface area contributed by atoms with Gasteiger partial charge in [-0.3, -0.25) is 0 Å². The highest BCUT2D eigenvalue weighted by Crippen LogP contribution is 2.36. The van der Waals surface area contributed by atoms with Gasteiger partial charge in [-0.1, -0.05) is 6.92 Å². The Morgan fingerprint density at radius 3 is 2.48 bits per heavy atom. The number of aryl methyl sites for hydroxylation is 1. The van der Waals surface area contributed by atoms with Crippen LogP contribution in [0.1, 0.15) is 38.2 Å². The van der Waals surface area contributed by atoms with Crippen LogP contribution in [0.5, 0.6) is 0 Å². The van der Waals surface area contributed by atoms with Crippen molar-refractivity contribution in [3.63, 3.8) is 0 Å². The molecule has 0 N–H and O–H groups in total. The van der Waals surface area contributed by atoms with Crippen LogP contribution in [-0.4, -0.2) is 27.6 Å². The second kappa shape index (κ2) is 4.86. The Hall–Kier alpha value is -1.85. The first kappa shape index (κ1) is 12.9. The molecule has 6 heteroatoms. The van der Waals surface area contributed by atoms with E-state index in [9.17, 15) is 4.79 Å². The topological polar surface area (TPSA) is 63.6 Å². The van der Waals surface area contributed by atoms with Crippen LogP contribution in [-0.2, 0) is 6.42 Å². The molecule has 3 aliphatic rings. The minimum atomic E-state index is -0.586. The van der Waals surface area contributed by atoms with Gasteiger partial charge in [-0.15, -0.1) is 9.56 Å². The van der Waals surface area contributed by atoms with Crippen molar-refractivity contribution in [2.75, 3.05) is 18.0 Å². The number of hydrogen-bond acceptors (Lipinski definition) is 5. The molecule has 1 aliphatic carbocycles. The molecule has 3 fully saturated rings. The highest BCUT2D eigenvalue weighted by atomic mass is 16.5. The van der Waals surface area contributed by atoms with E-state index in [4.69, 9.17) is 4.52 Å². The number of rotatable bonds is 2. The van der Waals surface area contributed by atoms with E-state index in [0.29, 0.717) is 5.78 Å². The maximum Gasteiger partial charge on any atom is 0.461 e. The summed E-state index contributed by atoms with van der Waals surface area (Å²) in [7, 11) is 0. The highest BCUT2D eigenvalue weighted by molar-refractivity contribution is 5.50. The van der Waals surface area contributed by atoms with Gasteiger partial charge in [0, 0.05) is 18.7 Å². The van der Waals surface area contributed by atoms with Crippen LogP contribution in [0.15, 0.2) is 15.5 Å². The molecule has 2 aliphatic heterocycles. The molecule has 0 aromatic carbocycles. The van der Waals surface area contributed by atoms with Crippen LogP contribution >= 0.6 is 0 Å². The second-order valence-corrected chi connectivity index (χ2v) is 6.33. The summed E-state index contributed by atoms with van der Waals surface area (Å²) in [4.78, 5) is 22.1. The lowest BCUT2D eigenvalue weighted by molar-refractivity contribution is 0.326. The lowest BCUT2D eigenvalue weighted by atomic mass is 9.84. The summed E-state index contributed by atoms with van der Waals surface area (Å²) in [6.07, 6.45) is 8.09. The summed E-state index contributed by atoms with van der Waals surface area (Å²) >= 11 is 0. The van der Waals surface area contributed by atoms with Gasteiger partial charge < -0.3 is 9.42 Å². The number of fused-ring (bicyclic) bond motifs is 5. The maximum absolute atomic E-state index is 11.3. The average molecular weight is 288 g/mol. The van der Waals surface area contributed by atoms with Gasteiger partial charge in [-0.25, -0.2) is 4.79 Å². The Morgan fingerprint density at radius 1 is 1.19 bits per heavy atom. The van der Waals surface area contributed by atoms with Crippen LogP contribution in [0.25, 0.3) is 5.78 Å². The van der Waals surface area contributed by atoms with Gasteiger partial charge in [-0.05, 0) is 43.9 Å². The summed E-state index contributed by atoms with van der Waals surface area (Å²) in [6, 6.07) is 0. The number of hydrogen-bond donors (Lipinski definition) is 0. The molecule has 0 amide bonds. The lowest BCUT2D eigenvalue weighted by Gasteiger charge is -2.25. The normalized spacial score (nSPS) is 25.5. The zero-order chi connectivity index (χ0) is 14.4. The van der Waals surface area contributed by atoms with E-state index in [0.717, 1.165) is 42.7 Å². The predicted molar refractivity (Wildman–Crippen MR) is 78.6 cm³/mol. The van der Waals surface area contributed by atoms with Crippen molar-refractivity contribution in [2.24, 2.45) is 11.8 Å². The van der Waals surface area contributed by atoms with E-state index < -0.39 is 5.76 Å². The highest BCUT2D eigenvalue weighted by Gasteiger charge is 2.31. The molecule has 0 spiro atoms. The van der Waals surface area contributed by atoms with Gasteiger partial charge >= 0.3 is 5.76 Å². The number of anilines is 1. The van der Waals surface area contributed by atoms with Gasteiger partial charge in [0.2, 0.25) is 0 Å². The molecule has 0 radical (unpaired) electrons. The van der Waals surface area contributed by atoms with Crippen LogP contribution in [0.3, 0.4) is 0 Å². The zero-order valence-electron chi connectivity index (χ0n) is 12.3. The molecule has 2 bridgehead atoms. The SMILES string of the molecule is CCc1cn2oc(=O)nc2nc1N1CC2CCC(CC2)C1. The Labute approximate surface area is 122 Å². The minimum Gasteiger partial charge on any atom is -0.356 e. The summed E-state index contributed by atoms with van der Waals surface area (Å²) < 4.78 is 6.39. The van der Waals surface area contributed by atoms with Crippen molar-refractivity contribution in [3.8, 4) is 0 Å². The summed E-state index contributed by atoms with van der Waals surface area (Å²) in [5.74, 6) is 2.34. The van der Waals surface area contributed by atoms with Crippen molar-refractivity contribution in [1.29, 1.82) is 0 Å². The predicted octanol–water partition coefficient (Wildman–Crippen LogP) is 1.87. The molecule has 2 aromatic rings. The first-order valence-electron chi connectivity index (χ1n) is 7.87. The standard InChI is InChI=1S/C15H20N4O2/c1-2-12-9-19-14(17-15(20)21-19)16-13(12)18-7-10-3-4-11(8-18)6-5-10/h9-11H,2-8H2,1H3.